The molecule has 1 N–H and O–H groups in total. The van der Waals surface area contributed by atoms with Gasteiger partial charge in [0.2, 0.25) is 0 Å². The lowest BCUT2D eigenvalue weighted by molar-refractivity contribution is -0.0155. The molecule has 0 saturated carbocycles. The molecule has 3 rings (SSSR count). The third kappa shape index (κ3) is 5.54. The van der Waals surface area contributed by atoms with Crippen molar-refractivity contribution in [1.29, 1.82) is 0 Å². The molecule has 0 spiro atoms. The Morgan fingerprint density at radius 2 is 2.07 bits per heavy atom. The highest BCUT2D eigenvalue weighted by molar-refractivity contribution is 9.10. The molecule has 0 aliphatic carbocycles. The summed E-state index contributed by atoms with van der Waals surface area (Å²) >= 11 is 3.49. The minimum absolute atomic E-state index is 0.0653. The number of hydrogen-bond acceptors (Lipinski definition) is 3. The Kier molecular flexibility index (Phi) is 7.26. The largest absolute Gasteiger partial charge is 0.377 e. The second kappa shape index (κ2) is 9.88. The van der Waals surface area contributed by atoms with Crippen molar-refractivity contribution in [2.75, 3.05) is 26.3 Å². The van der Waals surface area contributed by atoms with Gasteiger partial charge in [-0.25, -0.2) is 4.79 Å². The minimum Gasteiger partial charge on any atom is -0.377 e. The van der Waals surface area contributed by atoms with E-state index in [-0.39, 0.29) is 12.1 Å². The molecule has 6 heteroatoms. The highest BCUT2D eigenvalue weighted by Crippen LogP contribution is 2.24. The predicted molar refractivity (Wildman–Crippen MR) is 108 cm³/mol. The van der Waals surface area contributed by atoms with Crippen LogP contribution in [0.4, 0.5) is 4.79 Å². The van der Waals surface area contributed by atoms with E-state index in [1.807, 2.05) is 60.4 Å². The summed E-state index contributed by atoms with van der Waals surface area (Å²) in [6.07, 6.45) is -0.104. The van der Waals surface area contributed by atoms with Gasteiger partial charge >= 0.3 is 6.03 Å². The van der Waals surface area contributed by atoms with Crippen LogP contribution in [0.1, 0.15) is 29.7 Å². The minimum atomic E-state index is -0.104. The van der Waals surface area contributed by atoms with E-state index in [4.69, 9.17) is 9.47 Å². The molecule has 2 aromatic carbocycles. The SMILES string of the molecule is CCOCc1ccccc1CNC(=O)N1CCOC(c2cccc(Br)c2)C1. The van der Waals surface area contributed by atoms with Crippen molar-refractivity contribution in [3.05, 3.63) is 69.7 Å². The lowest BCUT2D eigenvalue weighted by Gasteiger charge is -2.33. The van der Waals surface area contributed by atoms with E-state index in [1.54, 1.807) is 0 Å². The fourth-order valence-electron chi connectivity index (χ4n) is 3.11. The van der Waals surface area contributed by atoms with Crippen LogP contribution >= 0.6 is 15.9 Å². The van der Waals surface area contributed by atoms with Crippen LogP contribution in [0.15, 0.2) is 53.0 Å². The third-order valence-corrected chi connectivity index (χ3v) is 5.08. The average molecular weight is 433 g/mol. The molecule has 144 valence electrons. The number of carbonyl (C=O) groups is 1. The van der Waals surface area contributed by atoms with Crippen molar-refractivity contribution in [1.82, 2.24) is 10.2 Å². The number of urea groups is 1. The molecule has 0 aromatic heterocycles. The molecule has 2 amide bonds. The quantitative estimate of drug-likeness (QED) is 0.741. The number of amides is 2. The van der Waals surface area contributed by atoms with Gasteiger partial charge in [0.15, 0.2) is 0 Å². The first-order valence-corrected chi connectivity index (χ1v) is 10.0. The Bertz CT molecular complexity index is 769. The van der Waals surface area contributed by atoms with Crippen molar-refractivity contribution in [2.24, 2.45) is 0 Å². The summed E-state index contributed by atoms with van der Waals surface area (Å²) in [7, 11) is 0. The van der Waals surface area contributed by atoms with Crippen LogP contribution in [0.25, 0.3) is 0 Å². The van der Waals surface area contributed by atoms with Gasteiger partial charge < -0.3 is 19.7 Å². The number of halogens is 1. The number of morpholine rings is 1. The molecule has 27 heavy (non-hydrogen) atoms. The van der Waals surface area contributed by atoms with Crippen LogP contribution in [0.2, 0.25) is 0 Å². The highest BCUT2D eigenvalue weighted by atomic mass is 79.9. The fourth-order valence-corrected chi connectivity index (χ4v) is 3.52. The molecular weight excluding hydrogens is 408 g/mol. The summed E-state index contributed by atoms with van der Waals surface area (Å²) < 4.78 is 12.4. The molecule has 1 aliphatic rings. The zero-order valence-electron chi connectivity index (χ0n) is 15.5. The Morgan fingerprint density at radius 3 is 2.85 bits per heavy atom. The van der Waals surface area contributed by atoms with Crippen molar-refractivity contribution < 1.29 is 14.3 Å². The number of benzene rings is 2. The first-order chi connectivity index (χ1) is 13.2. The molecule has 5 nitrogen and oxygen atoms in total. The second-order valence-electron chi connectivity index (χ2n) is 6.43. The van der Waals surface area contributed by atoms with Gasteiger partial charge in [-0.15, -0.1) is 0 Å². The summed E-state index contributed by atoms with van der Waals surface area (Å²) in [5.41, 5.74) is 3.26. The zero-order chi connectivity index (χ0) is 19.1. The Balaban J connectivity index is 1.58. The lowest BCUT2D eigenvalue weighted by Crippen LogP contribution is -2.47. The second-order valence-corrected chi connectivity index (χ2v) is 7.34. The van der Waals surface area contributed by atoms with E-state index >= 15 is 0 Å². The Labute approximate surface area is 168 Å². The number of rotatable bonds is 6. The van der Waals surface area contributed by atoms with Crippen LogP contribution in [0.3, 0.4) is 0 Å². The van der Waals surface area contributed by atoms with E-state index in [9.17, 15) is 4.79 Å². The van der Waals surface area contributed by atoms with Crippen LogP contribution in [-0.4, -0.2) is 37.2 Å². The van der Waals surface area contributed by atoms with Crippen molar-refractivity contribution >= 4 is 22.0 Å². The lowest BCUT2D eigenvalue weighted by atomic mass is 10.1. The molecule has 1 heterocycles. The summed E-state index contributed by atoms with van der Waals surface area (Å²) in [4.78, 5) is 14.5. The summed E-state index contributed by atoms with van der Waals surface area (Å²) in [6.45, 7) is 5.37. The predicted octanol–water partition coefficient (Wildman–Crippen LogP) is 4.27. The van der Waals surface area contributed by atoms with Crippen LogP contribution in [-0.2, 0) is 22.6 Å². The maximum atomic E-state index is 12.7. The Hall–Kier alpha value is -1.89. The first-order valence-electron chi connectivity index (χ1n) is 9.21. The van der Waals surface area contributed by atoms with Gasteiger partial charge in [0, 0.05) is 24.2 Å². The van der Waals surface area contributed by atoms with Gasteiger partial charge in [-0.1, -0.05) is 52.3 Å². The molecule has 1 unspecified atom stereocenters. The van der Waals surface area contributed by atoms with E-state index in [0.29, 0.717) is 39.5 Å². The van der Waals surface area contributed by atoms with Crippen molar-refractivity contribution in [3.8, 4) is 0 Å². The molecule has 1 saturated heterocycles. The standard InChI is InChI=1S/C21H25BrN2O3/c1-2-26-15-18-7-4-3-6-17(18)13-23-21(25)24-10-11-27-20(14-24)16-8-5-9-19(22)12-16/h3-9,12,20H,2,10-11,13-15H2,1H3,(H,23,25). The maximum Gasteiger partial charge on any atom is 0.317 e. The molecule has 1 atom stereocenters. The topological polar surface area (TPSA) is 50.8 Å². The molecular formula is C21H25BrN2O3. The van der Waals surface area contributed by atoms with Gasteiger partial charge in [-0.2, -0.15) is 0 Å². The number of hydrogen-bond donors (Lipinski definition) is 1. The fraction of sp³-hybridized carbons (Fsp3) is 0.381. The number of ether oxygens (including phenoxy) is 2. The Morgan fingerprint density at radius 1 is 1.26 bits per heavy atom. The van der Waals surface area contributed by atoms with Crippen LogP contribution in [0, 0.1) is 0 Å². The molecule has 0 bridgehead atoms. The first kappa shape index (κ1) is 19.9. The highest BCUT2D eigenvalue weighted by Gasteiger charge is 2.25. The smallest absolute Gasteiger partial charge is 0.317 e. The van der Waals surface area contributed by atoms with E-state index in [0.717, 1.165) is 21.2 Å². The van der Waals surface area contributed by atoms with Crippen molar-refractivity contribution in [3.63, 3.8) is 0 Å². The molecule has 2 aromatic rings. The van der Waals surface area contributed by atoms with Gasteiger partial charge in [0.1, 0.15) is 6.10 Å². The summed E-state index contributed by atoms with van der Waals surface area (Å²) in [5.74, 6) is 0. The monoisotopic (exact) mass is 432 g/mol. The van der Waals surface area contributed by atoms with Crippen molar-refractivity contribution in [2.45, 2.75) is 26.2 Å². The number of carbonyl (C=O) groups excluding carboxylic acids is 1. The number of nitrogens with one attached hydrogen (secondary N) is 1. The van der Waals surface area contributed by atoms with Gasteiger partial charge in [0.25, 0.3) is 0 Å². The van der Waals surface area contributed by atoms with Crippen LogP contribution < -0.4 is 5.32 Å². The van der Waals surface area contributed by atoms with Gasteiger partial charge in [0.05, 0.1) is 19.8 Å². The normalized spacial score (nSPS) is 17.0. The zero-order valence-corrected chi connectivity index (χ0v) is 17.1. The van der Waals surface area contributed by atoms with E-state index in [1.165, 1.54) is 0 Å². The van der Waals surface area contributed by atoms with E-state index in [2.05, 4.69) is 21.2 Å². The number of nitrogens with zero attached hydrogens (tertiary/aromatic N) is 1. The summed E-state index contributed by atoms with van der Waals surface area (Å²) in [5, 5.41) is 3.04. The molecule has 0 radical (unpaired) electrons. The third-order valence-electron chi connectivity index (χ3n) is 4.58. The molecule has 1 fully saturated rings. The molecule has 1 aliphatic heterocycles. The average Bonchev–Trinajstić information content (AvgIpc) is 2.71. The maximum absolute atomic E-state index is 12.7. The summed E-state index contributed by atoms with van der Waals surface area (Å²) in [6, 6.07) is 16.0. The van der Waals surface area contributed by atoms with Crippen LogP contribution in [0.5, 0.6) is 0 Å². The van der Waals surface area contributed by atoms with E-state index < -0.39 is 0 Å². The van der Waals surface area contributed by atoms with Gasteiger partial charge in [-0.05, 0) is 35.7 Å². The van der Waals surface area contributed by atoms with Gasteiger partial charge in [-0.3, -0.25) is 0 Å².